The summed E-state index contributed by atoms with van der Waals surface area (Å²) < 4.78 is 5.44. The second-order valence-electron chi connectivity index (χ2n) is 5.64. The number of thioether (sulfide) groups is 2. The Morgan fingerprint density at radius 2 is 2.15 bits per heavy atom. The third kappa shape index (κ3) is 6.68. The highest BCUT2D eigenvalue weighted by Gasteiger charge is 2.16. The van der Waals surface area contributed by atoms with Gasteiger partial charge in [-0.2, -0.15) is 11.8 Å². The number of halogens is 2. The van der Waals surface area contributed by atoms with E-state index < -0.39 is 0 Å². The summed E-state index contributed by atoms with van der Waals surface area (Å²) in [5.41, 5.74) is 1.00. The van der Waals surface area contributed by atoms with E-state index in [1.807, 2.05) is 18.4 Å². The minimum Gasteiger partial charge on any atom is -0.415 e. The third-order valence-electron chi connectivity index (χ3n) is 3.63. The Balaban J connectivity index is 1.86. The minimum absolute atomic E-state index is 0.0780. The SMILES string of the molecule is CCCC(CNC(=O)CSc1nnc(CSC)o1)c1ccc(Cl)cc1Cl. The van der Waals surface area contributed by atoms with E-state index in [4.69, 9.17) is 27.6 Å². The first kappa shape index (κ1) is 21.4. The van der Waals surface area contributed by atoms with E-state index in [0.29, 0.717) is 33.5 Å². The fourth-order valence-electron chi connectivity index (χ4n) is 2.44. The monoisotopic (exact) mass is 433 g/mol. The first-order chi connectivity index (χ1) is 12.5. The molecule has 0 bridgehead atoms. The molecule has 1 atom stereocenters. The van der Waals surface area contributed by atoms with Crippen LogP contribution < -0.4 is 5.32 Å². The lowest BCUT2D eigenvalue weighted by Crippen LogP contribution is -2.30. The van der Waals surface area contributed by atoms with E-state index in [1.165, 1.54) is 11.8 Å². The van der Waals surface area contributed by atoms with Gasteiger partial charge in [-0.25, -0.2) is 0 Å². The molecule has 0 aliphatic carbocycles. The number of hydrogen-bond donors (Lipinski definition) is 1. The van der Waals surface area contributed by atoms with Gasteiger partial charge >= 0.3 is 0 Å². The molecule has 1 N–H and O–H groups in total. The van der Waals surface area contributed by atoms with E-state index in [2.05, 4.69) is 22.4 Å². The summed E-state index contributed by atoms with van der Waals surface area (Å²) in [5.74, 6) is 1.54. The number of aromatic nitrogens is 2. The van der Waals surface area contributed by atoms with Gasteiger partial charge in [0.1, 0.15) is 0 Å². The zero-order valence-corrected chi connectivity index (χ0v) is 17.8. The lowest BCUT2D eigenvalue weighted by atomic mass is 9.94. The maximum absolute atomic E-state index is 12.1. The second-order valence-corrected chi connectivity index (χ2v) is 8.28. The molecule has 1 aromatic carbocycles. The van der Waals surface area contributed by atoms with Crippen molar-refractivity contribution in [1.29, 1.82) is 0 Å². The summed E-state index contributed by atoms with van der Waals surface area (Å²) in [6, 6.07) is 5.49. The Labute approximate surface area is 172 Å². The lowest BCUT2D eigenvalue weighted by Gasteiger charge is -2.19. The zero-order valence-electron chi connectivity index (χ0n) is 14.6. The summed E-state index contributed by atoms with van der Waals surface area (Å²) in [7, 11) is 0. The quantitative estimate of drug-likeness (QED) is 0.529. The van der Waals surface area contributed by atoms with Crippen LogP contribution in [0.4, 0.5) is 0 Å². The van der Waals surface area contributed by atoms with Crippen LogP contribution >= 0.6 is 46.7 Å². The van der Waals surface area contributed by atoms with Crippen molar-refractivity contribution in [2.24, 2.45) is 0 Å². The van der Waals surface area contributed by atoms with E-state index in [1.54, 1.807) is 17.8 Å². The number of rotatable bonds is 10. The Bertz CT molecular complexity index is 728. The highest BCUT2D eigenvalue weighted by Crippen LogP contribution is 2.30. The van der Waals surface area contributed by atoms with Crippen molar-refractivity contribution in [2.45, 2.75) is 36.7 Å². The number of carbonyl (C=O) groups is 1. The number of carbonyl (C=O) groups excluding carboxylic acids is 1. The molecule has 2 aromatic rings. The molecule has 0 radical (unpaired) electrons. The van der Waals surface area contributed by atoms with Crippen molar-refractivity contribution >= 4 is 52.6 Å². The fourth-order valence-corrected chi connectivity index (χ4v) is 3.98. The van der Waals surface area contributed by atoms with Gasteiger partial charge in [0.15, 0.2) is 0 Å². The standard InChI is InChI=1S/C17H21Cl2N3O2S2/c1-3-4-11(13-6-5-12(18)7-14(13)19)8-20-15(23)9-26-17-22-21-16(24-17)10-25-2/h5-7,11H,3-4,8-10H2,1-2H3,(H,20,23). The lowest BCUT2D eigenvalue weighted by molar-refractivity contribution is -0.118. The summed E-state index contributed by atoms with van der Waals surface area (Å²) in [6.45, 7) is 2.63. The van der Waals surface area contributed by atoms with Crippen LogP contribution in [-0.4, -0.2) is 34.7 Å². The van der Waals surface area contributed by atoms with E-state index in [9.17, 15) is 4.79 Å². The van der Waals surface area contributed by atoms with Crippen LogP contribution in [0.1, 0.15) is 37.1 Å². The molecule has 0 saturated heterocycles. The van der Waals surface area contributed by atoms with Crippen LogP contribution in [0.25, 0.3) is 0 Å². The van der Waals surface area contributed by atoms with Crippen molar-refractivity contribution in [2.75, 3.05) is 18.6 Å². The molecular formula is C17H21Cl2N3O2S2. The molecule has 1 heterocycles. The fraction of sp³-hybridized carbons (Fsp3) is 0.471. The van der Waals surface area contributed by atoms with Gasteiger partial charge in [0.05, 0.1) is 11.5 Å². The maximum Gasteiger partial charge on any atom is 0.277 e. The average molecular weight is 434 g/mol. The zero-order chi connectivity index (χ0) is 18.9. The molecule has 2 rings (SSSR count). The molecule has 0 spiro atoms. The molecule has 5 nitrogen and oxygen atoms in total. The number of amides is 1. The topological polar surface area (TPSA) is 68.0 Å². The third-order valence-corrected chi connectivity index (χ3v) is 5.54. The van der Waals surface area contributed by atoms with Gasteiger partial charge in [-0.1, -0.05) is 54.4 Å². The van der Waals surface area contributed by atoms with Crippen LogP contribution in [0.5, 0.6) is 0 Å². The molecule has 9 heteroatoms. The molecule has 1 amide bonds. The second kappa shape index (κ2) is 11.1. The Morgan fingerprint density at radius 1 is 1.35 bits per heavy atom. The normalized spacial score (nSPS) is 12.2. The van der Waals surface area contributed by atoms with Crippen molar-refractivity contribution in [3.63, 3.8) is 0 Å². The Hall–Kier alpha value is -0.890. The van der Waals surface area contributed by atoms with Gasteiger partial charge in [0, 0.05) is 22.5 Å². The molecule has 0 aliphatic heterocycles. The molecule has 1 unspecified atom stereocenters. The highest BCUT2D eigenvalue weighted by molar-refractivity contribution is 7.99. The predicted molar refractivity (Wildman–Crippen MR) is 109 cm³/mol. The smallest absolute Gasteiger partial charge is 0.277 e. The summed E-state index contributed by atoms with van der Waals surface area (Å²) in [6.07, 6.45) is 3.88. The van der Waals surface area contributed by atoms with Crippen LogP contribution in [-0.2, 0) is 10.5 Å². The molecule has 1 aromatic heterocycles. The number of benzene rings is 1. The van der Waals surface area contributed by atoms with Crippen LogP contribution in [0.15, 0.2) is 27.8 Å². The van der Waals surface area contributed by atoms with Gasteiger partial charge in [-0.15, -0.1) is 10.2 Å². The van der Waals surface area contributed by atoms with Crippen LogP contribution in [0.2, 0.25) is 10.0 Å². The summed E-state index contributed by atoms with van der Waals surface area (Å²) >= 11 is 15.1. The summed E-state index contributed by atoms with van der Waals surface area (Å²) in [4.78, 5) is 12.1. The van der Waals surface area contributed by atoms with Crippen molar-refractivity contribution in [1.82, 2.24) is 15.5 Å². The number of nitrogens with zero attached hydrogens (tertiary/aromatic N) is 2. The van der Waals surface area contributed by atoms with E-state index in [-0.39, 0.29) is 17.6 Å². The van der Waals surface area contributed by atoms with E-state index >= 15 is 0 Å². The first-order valence-electron chi connectivity index (χ1n) is 8.19. The predicted octanol–water partition coefficient (Wildman–Crippen LogP) is 5.03. The molecule has 0 fully saturated rings. The minimum atomic E-state index is -0.0780. The van der Waals surface area contributed by atoms with Gasteiger partial charge in [0.25, 0.3) is 5.22 Å². The Kier molecular flexibility index (Phi) is 9.11. The molecule has 26 heavy (non-hydrogen) atoms. The van der Waals surface area contributed by atoms with Crippen LogP contribution in [0.3, 0.4) is 0 Å². The first-order valence-corrected chi connectivity index (χ1v) is 11.3. The van der Waals surface area contributed by atoms with Crippen LogP contribution in [0, 0.1) is 0 Å². The largest absolute Gasteiger partial charge is 0.415 e. The Morgan fingerprint density at radius 3 is 2.85 bits per heavy atom. The maximum atomic E-state index is 12.1. The number of nitrogens with one attached hydrogen (secondary N) is 1. The van der Waals surface area contributed by atoms with E-state index in [0.717, 1.165) is 18.4 Å². The van der Waals surface area contributed by atoms with Crippen molar-refractivity contribution in [3.05, 3.63) is 39.7 Å². The van der Waals surface area contributed by atoms with Gasteiger partial charge in [-0.05, 0) is 30.4 Å². The van der Waals surface area contributed by atoms with Gasteiger partial charge in [0.2, 0.25) is 11.8 Å². The number of hydrogen-bond acceptors (Lipinski definition) is 6. The highest BCUT2D eigenvalue weighted by atomic mass is 35.5. The average Bonchev–Trinajstić information content (AvgIpc) is 3.05. The van der Waals surface area contributed by atoms with Gasteiger partial charge in [-0.3, -0.25) is 4.79 Å². The van der Waals surface area contributed by atoms with Gasteiger partial charge < -0.3 is 9.73 Å². The molecule has 0 saturated carbocycles. The molecule has 0 aliphatic rings. The summed E-state index contributed by atoms with van der Waals surface area (Å²) in [5, 5.41) is 12.5. The van der Waals surface area contributed by atoms with Crippen molar-refractivity contribution in [3.8, 4) is 0 Å². The molecular weight excluding hydrogens is 413 g/mol. The van der Waals surface area contributed by atoms with Crippen molar-refractivity contribution < 1.29 is 9.21 Å². The molecule has 142 valence electrons.